The molecule has 1 aromatic carbocycles. The van der Waals surface area contributed by atoms with E-state index in [1.54, 1.807) is 4.90 Å². The molecule has 2 aliphatic rings. The van der Waals surface area contributed by atoms with Crippen LogP contribution in [0, 0.1) is 0 Å². The summed E-state index contributed by atoms with van der Waals surface area (Å²) in [5.74, 6) is 0.786. The molecule has 0 radical (unpaired) electrons. The number of rotatable bonds is 6. The van der Waals surface area contributed by atoms with Crippen LogP contribution in [0.5, 0.6) is 0 Å². The largest absolute Gasteiger partial charge is 0.411 e. The van der Waals surface area contributed by atoms with Gasteiger partial charge in [-0.2, -0.15) is 0 Å². The minimum Gasteiger partial charge on any atom is -0.411 e. The molecular weight excluding hydrogens is 374 g/mol. The van der Waals surface area contributed by atoms with E-state index in [4.69, 9.17) is 4.42 Å². The summed E-state index contributed by atoms with van der Waals surface area (Å²) in [7, 11) is -3.02. The Labute approximate surface area is 156 Å². The number of thioether (sulfide) groups is 1. The molecule has 1 aromatic heterocycles. The van der Waals surface area contributed by atoms with Crippen LogP contribution >= 0.6 is 11.8 Å². The first-order chi connectivity index (χ1) is 12.5. The molecule has 4 rings (SSSR count). The molecule has 2 fully saturated rings. The zero-order valence-electron chi connectivity index (χ0n) is 14.1. The number of amides is 1. The maximum atomic E-state index is 12.7. The number of nitrogens with zero attached hydrogens (tertiary/aromatic N) is 3. The van der Waals surface area contributed by atoms with Gasteiger partial charge in [0.2, 0.25) is 11.8 Å². The standard InChI is InChI=1S/C17H19N3O4S2/c21-15(20(13-6-7-13)14-8-9-26(22,23)11-14)10-25-17-19-18-16(24-17)12-4-2-1-3-5-12/h1-5,13-14H,6-11H2/t14-/m1/s1. The van der Waals surface area contributed by atoms with Crippen molar-refractivity contribution < 1.29 is 17.6 Å². The molecule has 1 saturated heterocycles. The molecule has 0 bridgehead atoms. The quantitative estimate of drug-likeness (QED) is 0.693. The number of hydrogen-bond acceptors (Lipinski definition) is 7. The van der Waals surface area contributed by atoms with Crippen LogP contribution in [-0.4, -0.2) is 58.8 Å². The van der Waals surface area contributed by atoms with E-state index in [1.807, 2.05) is 30.3 Å². The molecule has 1 aliphatic heterocycles. The second kappa shape index (κ2) is 7.03. The van der Waals surface area contributed by atoms with Gasteiger partial charge in [-0.15, -0.1) is 10.2 Å². The lowest BCUT2D eigenvalue weighted by molar-refractivity contribution is -0.130. The van der Waals surface area contributed by atoms with Gasteiger partial charge in [-0.3, -0.25) is 4.79 Å². The van der Waals surface area contributed by atoms with Crippen molar-refractivity contribution in [3.05, 3.63) is 30.3 Å². The molecule has 0 unspecified atom stereocenters. The lowest BCUT2D eigenvalue weighted by Crippen LogP contribution is -2.43. The van der Waals surface area contributed by atoms with Crippen LogP contribution in [0.25, 0.3) is 11.5 Å². The fourth-order valence-corrected chi connectivity index (χ4v) is 5.56. The van der Waals surface area contributed by atoms with E-state index in [9.17, 15) is 13.2 Å². The lowest BCUT2D eigenvalue weighted by atomic mass is 10.2. The molecule has 0 spiro atoms. The van der Waals surface area contributed by atoms with Gasteiger partial charge in [-0.25, -0.2) is 8.42 Å². The van der Waals surface area contributed by atoms with Gasteiger partial charge < -0.3 is 9.32 Å². The van der Waals surface area contributed by atoms with Crippen LogP contribution < -0.4 is 0 Å². The first kappa shape index (κ1) is 17.5. The highest BCUT2D eigenvalue weighted by molar-refractivity contribution is 7.99. The van der Waals surface area contributed by atoms with Crippen molar-refractivity contribution in [2.75, 3.05) is 17.3 Å². The minimum atomic E-state index is -3.02. The third kappa shape index (κ3) is 3.93. The van der Waals surface area contributed by atoms with Gasteiger partial charge in [0.25, 0.3) is 5.22 Å². The van der Waals surface area contributed by atoms with E-state index in [0.717, 1.165) is 18.4 Å². The maximum Gasteiger partial charge on any atom is 0.277 e. The van der Waals surface area contributed by atoms with Crippen LogP contribution in [0.4, 0.5) is 0 Å². The molecule has 1 atom stereocenters. The summed E-state index contributed by atoms with van der Waals surface area (Å²) in [6, 6.07) is 9.43. The van der Waals surface area contributed by atoms with E-state index < -0.39 is 9.84 Å². The Morgan fingerprint density at radius 2 is 1.92 bits per heavy atom. The average molecular weight is 393 g/mol. The third-order valence-corrected chi connectivity index (χ3v) is 7.13. The Morgan fingerprint density at radius 1 is 1.15 bits per heavy atom. The van der Waals surface area contributed by atoms with Crippen molar-refractivity contribution in [2.24, 2.45) is 0 Å². The first-order valence-corrected chi connectivity index (χ1v) is 11.4. The van der Waals surface area contributed by atoms with Gasteiger partial charge in [0.05, 0.1) is 17.3 Å². The Kier molecular flexibility index (Phi) is 4.74. The molecule has 2 heterocycles. The van der Waals surface area contributed by atoms with Crippen molar-refractivity contribution in [1.82, 2.24) is 15.1 Å². The van der Waals surface area contributed by atoms with Crippen molar-refractivity contribution in [3.63, 3.8) is 0 Å². The van der Waals surface area contributed by atoms with Crippen molar-refractivity contribution in [1.29, 1.82) is 0 Å². The fraction of sp³-hybridized carbons (Fsp3) is 0.471. The summed E-state index contributed by atoms with van der Waals surface area (Å²) in [4.78, 5) is 14.5. The topological polar surface area (TPSA) is 93.4 Å². The summed E-state index contributed by atoms with van der Waals surface area (Å²) < 4.78 is 29.1. The first-order valence-electron chi connectivity index (χ1n) is 8.55. The highest BCUT2D eigenvalue weighted by Gasteiger charge is 2.42. The van der Waals surface area contributed by atoms with E-state index >= 15 is 0 Å². The number of carbonyl (C=O) groups is 1. The summed E-state index contributed by atoms with van der Waals surface area (Å²) in [6.07, 6.45) is 2.44. The van der Waals surface area contributed by atoms with Gasteiger partial charge in [0.15, 0.2) is 9.84 Å². The predicted molar refractivity (Wildman–Crippen MR) is 97.4 cm³/mol. The number of aromatic nitrogens is 2. The fourth-order valence-electron chi connectivity index (χ4n) is 3.22. The molecule has 1 amide bonds. The Morgan fingerprint density at radius 3 is 2.58 bits per heavy atom. The van der Waals surface area contributed by atoms with Gasteiger partial charge in [0, 0.05) is 17.6 Å². The Hall–Kier alpha value is -1.87. The second-order valence-corrected chi connectivity index (χ2v) is 9.77. The average Bonchev–Trinajstić information content (AvgIpc) is 3.22. The number of hydrogen-bond donors (Lipinski definition) is 0. The smallest absolute Gasteiger partial charge is 0.277 e. The molecule has 0 N–H and O–H groups in total. The van der Waals surface area contributed by atoms with Gasteiger partial charge >= 0.3 is 0 Å². The van der Waals surface area contributed by atoms with E-state index in [-0.39, 0.29) is 35.2 Å². The molecule has 26 heavy (non-hydrogen) atoms. The molecular formula is C17H19N3O4S2. The summed E-state index contributed by atoms with van der Waals surface area (Å²) >= 11 is 1.20. The van der Waals surface area contributed by atoms with E-state index in [0.29, 0.717) is 17.5 Å². The van der Waals surface area contributed by atoms with Crippen molar-refractivity contribution >= 4 is 27.5 Å². The minimum absolute atomic E-state index is 0.0564. The number of sulfone groups is 1. The Balaban J connectivity index is 1.39. The lowest BCUT2D eigenvalue weighted by Gasteiger charge is -2.28. The molecule has 1 saturated carbocycles. The highest BCUT2D eigenvalue weighted by Crippen LogP contribution is 2.33. The zero-order chi connectivity index (χ0) is 18.1. The summed E-state index contributed by atoms with van der Waals surface area (Å²) in [5.41, 5.74) is 0.828. The van der Waals surface area contributed by atoms with E-state index in [2.05, 4.69) is 10.2 Å². The summed E-state index contributed by atoms with van der Waals surface area (Å²) in [6.45, 7) is 0. The monoisotopic (exact) mass is 393 g/mol. The SMILES string of the molecule is O=C(CSc1nnc(-c2ccccc2)o1)N(C1CC1)[C@@H]1CCS(=O)(=O)C1. The highest BCUT2D eigenvalue weighted by atomic mass is 32.2. The predicted octanol–water partition coefficient (Wildman–Crippen LogP) is 2.01. The molecule has 1 aliphatic carbocycles. The third-order valence-electron chi connectivity index (χ3n) is 4.58. The summed E-state index contributed by atoms with van der Waals surface area (Å²) in [5, 5.41) is 8.34. The van der Waals surface area contributed by atoms with Crippen LogP contribution in [0.3, 0.4) is 0 Å². The van der Waals surface area contributed by atoms with Crippen LogP contribution in [0.15, 0.2) is 40.0 Å². The molecule has 2 aromatic rings. The van der Waals surface area contributed by atoms with Crippen molar-refractivity contribution in [2.45, 2.75) is 36.6 Å². The molecule has 138 valence electrons. The van der Waals surface area contributed by atoms with Gasteiger partial charge in [-0.05, 0) is 31.4 Å². The second-order valence-electron chi connectivity index (χ2n) is 6.62. The maximum absolute atomic E-state index is 12.7. The normalized spacial score (nSPS) is 21.6. The van der Waals surface area contributed by atoms with E-state index in [1.165, 1.54) is 11.8 Å². The molecule has 9 heteroatoms. The van der Waals surface area contributed by atoms with Gasteiger partial charge in [-0.1, -0.05) is 30.0 Å². The van der Waals surface area contributed by atoms with Gasteiger partial charge in [0.1, 0.15) is 0 Å². The number of benzene rings is 1. The van der Waals surface area contributed by atoms with Crippen LogP contribution in [-0.2, 0) is 14.6 Å². The number of carbonyl (C=O) groups excluding carboxylic acids is 1. The van der Waals surface area contributed by atoms with Crippen LogP contribution in [0.2, 0.25) is 0 Å². The molecule has 7 nitrogen and oxygen atoms in total. The van der Waals surface area contributed by atoms with Crippen molar-refractivity contribution in [3.8, 4) is 11.5 Å². The Bertz CT molecular complexity index is 894. The van der Waals surface area contributed by atoms with Crippen LogP contribution in [0.1, 0.15) is 19.3 Å². The zero-order valence-corrected chi connectivity index (χ0v) is 15.7.